The minimum absolute atomic E-state index is 0.0337. The van der Waals surface area contributed by atoms with Crippen molar-refractivity contribution in [1.29, 1.82) is 0 Å². The van der Waals surface area contributed by atoms with Crippen LogP contribution in [0.2, 0.25) is 5.02 Å². The fourth-order valence-corrected chi connectivity index (χ4v) is 3.72. The lowest BCUT2D eigenvalue weighted by atomic mass is 9.73. The molecule has 0 spiro atoms. The molecule has 10 heteroatoms. The van der Waals surface area contributed by atoms with Crippen LogP contribution in [-0.2, 0) is 4.79 Å². The van der Waals surface area contributed by atoms with Crippen LogP contribution in [0.15, 0.2) is 24.5 Å². The van der Waals surface area contributed by atoms with E-state index in [0.29, 0.717) is 31.4 Å². The predicted molar refractivity (Wildman–Crippen MR) is 110 cm³/mol. The summed E-state index contributed by atoms with van der Waals surface area (Å²) in [4.78, 5) is 43.7. The standard InChI is InChI=1S/C20H23ClFN5O3/c1-20(19(30)27-14-4-3-11(22)9-13(14)21)7-5-12(6-8-20)26-18(29)16-15(17(28)23-2)24-10-25-16/h3-4,9-10,12H,5-8H2,1-2H3,(H,23,28)(H,24,25)(H,26,29)(H,27,30). The lowest BCUT2D eigenvalue weighted by molar-refractivity contribution is -0.126. The molecule has 1 aromatic carbocycles. The van der Waals surface area contributed by atoms with Crippen molar-refractivity contribution in [2.45, 2.75) is 38.6 Å². The zero-order chi connectivity index (χ0) is 21.9. The fraction of sp³-hybridized carbons (Fsp3) is 0.400. The quantitative estimate of drug-likeness (QED) is 0.577. The van der Waals surface area contributed by atoms with Crippen molar-refractivity contribution >= 4 is 35.0 Å². The summed E-state index contributed by atoms with van der Waals surface area (Å²) in [7, 11) is 1.47. The maximum Gasteiger partial charge on any atom is 0.272 e. The number of nitrogens with one attached hydrogen (secondary N) is 4. The minimum atomic E-state index is -0.640. The molecule has 1 fully saturated rings. The largest absolute Gasteiger partial charge is 0.354 e. The third-order valence-corrected chi connectivity index (χ3v) is 5.77. The number of aromatic amines is 1. The first-order valence-corrected chi connectivity index (χ1v) is 9.94. The first kappa shape index (κ1) is 21.8. The molecule has 4 N–H and O–H groups in total. The number of carbonyl (C=O) groups excluding carboxylic acids is 3. The van der Waals surface area contributed by atoms with Gasteiger partial charge in [0.2, 0.25) is 5.91 Å². The predicted octanol–water partition coefficient (Wildman–Crippen LogP) is 2.88. The molecule has 0 bridgehead atoms. The SMILES string of the molecule is CNC(=O)c1[nH]cnc1C(=O)NC1CCC(C)(C(=O)Nc2ccc(F)cc2Cl)CC1. The third kappa shape index (κ3) is 4.62. The highest BCUT2D eigenvalue weighted by Gasteiger charge is 2.38. The summed E-state index contributed by atoms with van der Waals surface area (Å²) < 4.78 is 13.2. The smallest absolute Gasteiger partial charge is 0.272 e. The Morgan fingerprint density at radius 1 is 1.23 bits per heavy atom. The van der Waals surface area contributed by atoms with Gasteiger partial charge in [0.05, 0.1) is 17.0 Å². The summed E-state index contributed by atoms with van der Waals surface area (Å²) >= 11 is 5.99. The van der Waals surface area contributed by atoms with Crippen molar-refractivity contribution in [3.05, 3.63) is 46.8 Å². The normalized spacial score (nSPS) is 21.0. The van der Waals surface area contributed by atoms with Gasteiger partial charge in [0.15, 0.2) is 5.69 Å². The van der Waals surface area contributed by atoms with Gasteiger partial charge in [-0.05, 0) is 43.9 Å². The monoisotopic (exact) mass is 435 g/mol. The van der Waals surface area contributed by atoms with Gasteiger partial charge < -0.3 is 20.9 Å². The number of imidazole rings is 1. The number of carbonyl (C=O) groups is 3. The van der Waals surface area contributed by atoms with E-state index in [4.69, 9.17) is 11.6 Å². The maximum absolute atomic E-state index is 13.2. The van der Waals surface area contributed by atoms with Crippen molar-refractivity contribution < 1.29 is 18.8 Å². The van der Waals surface area contributed by atoms with Crippen molar-refractivity contribution in [2.24, 2.45) is 5.41 Å². The van der Waals surface area contributed by atoms with Crippen LogP contribution in [-0.4, -0.2) is 40.8 Å². The second-order valence-corrected chi connectivity index (χ2v) is 8.00. The Labute approximate surface area is 178 Å². The Balaban J connectivity index is 1.58. The summed E-state index contributed by atoms with van der Waals surface area (Å²) in [5.41, 5.74) is -0.143. The summed E-state index contributed by atoms with van der Waals surface area (Å²) in [5.74, 6) is -1.54. The van der Waals surface area contributed by atoms with E-state index < -0.39 is 23.0 Å². The zero-order valence-corrected chi connectivity index (χ0v) is 17.4. The number of hydrogen-bond donors (Lipinski definition) is 4. The summed E-state index contributed by atoms with van der Waals surface area (Å²) in [5, 5.41) is 8.24. The molecule has 30 heavy (non-hydrogen) atoms. The molecule has 8 nitrogen and oxygen atoms in total. The Morgan fingerprint density at radius 2 is 1.93 bits per heavy atom. The van der Waals surface area contributed by atoms with Crippen molar-refractivity contribution in [2.75, 3.05) is 12.4 Å². The highest BCUT2D eigenvalue weighted by Crippen LogP contribution is 2.37. The van der Waals surface area contributed by atoms with Crippen molar-refractivity contribution in [3.8, 4) is 0 Å². The molecule has 160 valence electrons. The number of aromatic nitrogens is 2. The van der Waals surface area contributed by atoms with Crippen LogP contribution < -0.4 is 16.0 Å². The van der Waals surface area contributed by atoms with E-state index in [1.54, 1.807) is 0 Å². The van der Waals surface area contributed by atoms with Gasteiger partial charge in [0, 0.05) is 18.5 Å². The van der Waals surface area contributed by atoms with Crippen LogP contribution >= 0.6 is 11.6 Å². The molecule has 1 aliphatic carbocycles. The molecule has 1 heterocycles. The number of halogens is 2. The van der Waals surface area contributed by atoms with E-state index in [0.717, 1.165) is 6.07 Å². The van der Waals surface area contributed by atoms with Crippen LogP contribution in [0, 0.1) is 11.2 Å². The third-order valence-electron chi connectivity index (χ3n) is 5.46. The van der Waals surface area contributed by atoms with Gasteiger partial charge >= 0.3 is 0 Å². The Hall–Kier alpha value is -2.94. The van der Waals surface area contributed by atoms with E-state index in [1.807, 2.05) is 6.92 Å². The van der Waals surface area contributed by atoms with E-state index in [2.05, 4.69) is 25.9 Å². The molecule has 2 aromatic rings. The molecule has 3 rings (SSSR count). The van der Waals surface area contributed by atoms with E-state index in [9.17, 15) is 18.8 Å². The van der Waals surface area contributed by atoms with Crippen LogP contribution in [0.5, 0.6) is 0 Å². The maximum atomic E-state index is 13.2. The first-order valence-electron chi connectivity index (χ1n) is 9.56. The highest BCUT2D eigenvalue weighted by atomic mass is 35.5. The van der Waals surface area contributed by atoms with E-state index >= 15 is 0 Å². The average molecular weight is 436 g/mol. The Bertz CT molecular complexity index is 969. The van der Waals surface area contributed by atoms with E-state index in [1.165, 1.54) is 25.5 Å². The van der Waals surface area contributed by atoms with Crippen molar-refractivity contribution in [3.63, 3.8) is 0 Å². The molecule has 1 aliphatic rings. The molecule has 1 aromatic heterocycles. The summed E-state index contributed by atoms with van der Waals surface area (Å²) in [6.45, 7) is 1.86. The zero-order valence-electron chi connectivity index (χ0n) is 16.6. The van der Waals surface area contributed by atoms with Gasteiger partial charge in [0.1, 0.15) is 11.5 Å². The molecule has 0 radical (unpaired) electrons. The van der Waals surface area contributed by atoms with Gasteiger partial charge in [-0.25, -0.2) is 9.37 Å². The lowest BCUT2D eigenvalue weighted by Gasteiger charge is -2.36. The summed E-state index contributed by atoms with van der Waals surface area (Å²) in [6.07, 6.45) is 3.57. The number of H-pyrrole nitrogens is 1. The van der Waals surface area contributed by atoms with Crippen LogP contribution in [0.3, 0.4) is 0 Å². The second-order valence-electron chi connectivity index (χ2n) is 7.59. The molecule has 0 unspecified atom stereocenters. The number of anilines is 1. The van der Waals surface area contributed by atoms with Crippen LogP contribution in [0.25, 0.3) is 0 Å². The minimum Gasteiger partial charge on any atom is -0.354 e. The Kier molecular flexibility index (Phi) is 6.40. The highest BCUT2D eigenvalue weighted by molar-refractivity contribution is 6.33. The van der Waals surface area contributed by atoms with Gasteiger partial charge in [-0.2, -0.15) is 0 Å². The number of amides is 3. The fourth-order valence-electron chi connectivity index (χ4n) is 3.51. The number of hydrogen-bond acceptors (Lipinski definition) is 4. The van der Waals surface area contributed by atoms with Gasteiger partial charge in [-0.3, -0.25) is 14.4 Å². The molecule has 3 amide bonds. The average Bonchev–Trinajstić information content (AvgIpc) is 3.21. The van der Waals surface area contributed by atoms with Crippen molar-refractivity contribution in [1.82, 2.24) is 20.6 Å². The summed E-state index contributed by atoms with van der Waals surface area (Å²) in [6, 6.07) is 3.67. The van der Waals surface area contributed by atoms with Crippen LogP contribution in [0.4, 0.5) is 10.1 Å². The number of rotatable bonds is 5. The molecule has 0 saturated heterocycles. The number of nitrogens with zero attached hydrogens (tertiary/aromatic N) is 1. The molecule has 1 saturated carbocycles. The molecule has 0 atom stereocenters. The number of benzene rings is 1. The molecular formula is C20H23ClFN5O3. The molecular weight excluding hydrogens is 413 g/mol. The second kappa shape index (κ2) is 8.83. The van der Waals surface area contributed by atoms with Gasteiger partial charge in [0.25, 0.3) is 11.8 Å². The Morgan fingerprint density at radius 3 is 2.57 bits per heavy atom. The molecule has 0 aliphatic heterocycles. The van der Waals surface area contributed by atoms with Gasteiger partial charge in [-0.15, -0.1) is 0 Å². The first-order chi connectivity index (χ1) is 14.2. The van der Waals surface area contributed by atoms with E-state index in [-0.39, 0.29) is 28.4 Å². The van der Waals surface area contributed by atoms with Crippen LogP contribution in [0.1, 0.15) is 53.6 Å². The van der Waals surface area contributed by atoms with Gasteiger partial charge in [-0.1, -0.05) is 18.5 Å². The topological polar surface area (TPSA) is 116 Å². The lowest BCUT2D eigenvalue weighted by Crippen LogP contribution is -2.44.